The van der Waals surface area contributed by atoms with Crippen LogP contribution in [0.2, 0.25) is 0 Å². The van der Waals surface area contributed by atoms with E-state index in [1.807, 2.05) is 38.1 Å². The van der Waals surface area contributed by atoms with E-state index >= 15 is 0 Å². The average Bonchev–Trinajstić information content (AvgIpc) is 2.86. The summed E-state index contributed by atoms with van der Waals surface area (Å²) in [6, 6.07) is 19.3. The molecule has 3 N–H and O–H groups in total. The summed E-state index contributed by atoms with van der Waals surface area (Å²) in [5.74, 6) is -0.740. The van der Waals surface area contributed by atoms with Crippen LogP contribution in [0.3, 0.4) is 0 Å². The number of carbonyl (C=O) groups excluding carboxylic acids is 3. The standard InChI is InChI=1S/C27H27N3O5/c1-3-34-23-16-22(30-27(33)19-14-25(31)28-20-13-9-8-12-18(19)20)24(35-4-2)15-21(23)29-26(32)17-10-6-5-7-11-17/h5-13,15-16,19H,3-4,14H2,1-2H3,(H,28,31)(H,29,32)(H,30,33). The molecule has 3 aromatic rings. The molecule has 1 aliphatic heterocycles. The number of nitrogens with one attached hydrogen (secondary N) is 3. The molecule has 0 radical (unpaired) electrons. The second-order valence-electron chi connectivity index (χ2n) is 7.91. The Morgan fingerprint density at radius 1 is 0.886 bits per heavy atom. The van der Waals surface area contributed by atoms with Crippen molar-refractivity contribution in [1.82, 2.24) is 0 Å². The molecule has 0 spiro atoms. The number of ether oxygens (including phenoxy) is 2. The Labute approximate surface area is 203 Å². The highest BCUT2D eigenvalue weighted by atomic mass is 16.5. The lowest BCUT2D eigenvalue weighted by molar-refractivity contribution is -0.123. The Morgan fingerprint density at radius 2 is 1.49 bits per heavy atom. The number of amides is 3. The summed E-state index contributed by atoms with van der Waals surface area (Å²) in [7, 11) is 0. The fourth-order valence-electron chi connectivity index (χ4n) is 3.95. The van der Waals surface area contributed by atoms with Gasteiger partial charge in [0.05, 0.1) is 30.5 Å². The molecule has 3 amide bonds. The summed E-state index contributed by atoms with van der Waals surface area (Å²) in [5, 5.41) is 8.57. The van der Waals surface area contributed by atoms with Crippen molar-refractivity contribution in [1.29, 1.82) is 0 Å². The van der Waals surface area contributed by atoms with Gasteiger partial charge >= 0.3 is 0 Å². The van der Waals surface area contributed by atoms with Crippen LogP contribution in [0.15, 0.2) is 66.7 Å². The molecular formula is C27H27N3O5. The highest BCUT2D eigenvalue weighted by Crippen LogP contribution is 2.39. The maximum absolute atomic E-state index is 13.3. The lowest BCUT2D eigenvalue weighted by Crippen LogP contribution is -2.30. The number of hydrogen-bond donors (Lipinski definition) is 3. The summed E-state index contributed by atoms with van der Waals surface area (Å²) in [6.45, 7) is 4.35. The van der Waals surface area contributed by atoms with Gasteiger partial charge in [-0.05, 0) is 37.6 Å². The van der Waals surface area contributed by atoms with Gasteiger partial charge < -0.3 is 25.4 Å². The quantitative estimate of drug-likeness (QED) is 0.436. The highest BCUT2D eigenvalue weighted by molar-refractivity contribution is 6.07. The lowest BCUT2D eigenvalue weighted by Gasteiger charge is -2.25. The molecule has 1 unspecified atom stereocenters. The van der Waals surface area contributed by atoms with Crippen LogP contribution in [0.5, 0.6) is 11.5 Å². The molecule has 0 bridgehead atoms. The fourth-order valence-corrected chi connectivity index (χ4v) is 3.95. The van der Waals surface area contributed by atoms with E-state index in [1.165, 1.54) is 0 Å². The minimum absolute atomic E-state index is 0.0380. The van der Waals surface area contributed by atoms with E-state index in [2.05, 4.69) is 16.0 Å². The Bertz CT molecular complexity index is 1240. The first-order valence-electron chi connectivity index (χ1n) is 11.5. The van der Waals surface area contributed by atoms with Crippen molar-refractivity contribution >= 4 is 34.8 Å². The van der Waals surface area contributed by atoms with Crippen molar-refractivity contribution in [2.24, 2.45) is 0 Å². The number of fused-ring (bicyclic) bond motifs is 1. The first-order valence-corrected chi connectivity index (χ1v) is 11.5. The average molecular weight is 474 g/mol. The normalized spacial score (nSPS) is 14.3. The first kappa shape index (κ1) is 23.8. The van der Waals surface area contributed by atoms with Gasteiger partial charge in [0.15, 0.2) is 0 Å². The van der Waals surface area contributed by atoms with Gasteiger partial charge in [0.2, 0.25) is 11.8 Å². The Kier molecular flexibility index (Phi) is 7.30. The summed E-state index contributed by atoms with van der Waals surface area (Å²) < 4.78 is 11.5. The molecule has 35 heavy (non-hydrogen) atoms. The Balaban J connectivity index is 1.64. The maximum Gasteiger partial charge on any atom is 0.255 e. The van der Waals surface area contributed by atoms with Crippen LogP contribution in [0.4, 0.5) is 17.1 Å². The van der Waals surface area contributed by atoms with E-state index in [0.717, 1.165) is 5.56 Å². The molecule has 1 aliphatic rings. The molecule has 180 valence electrons. The van der Waals surface area contributed by atoms with Crippen LogP contribution >= 0.6 is 0 Å². The molecule has 1 heterocycles. The predicted octanol–water partition coefficient (Wildman–Crippen LogP) is 4.80. The zero-order valence-corrected chi connectivity index (χ0v) is 19.6. The van der Waals surface area contributed by atoms with Crippen molar-refractivity contribution in [3.63, 3.8) is 0 Å². The summed E-state index contributed by atoms with van der Waals surface area (Å²) in [6.07, 6.45) is 0.0380. The second-order valence-corrected chi connectivity index (χ2v) is 7.91. The van der Waals surface area contributed by atoms with Crippen LogP contribution < -0.4 is 25.4 Å². The smallest absolute Gasteiger partial charge is 0.255 e. The zero-order valence-electron chi connectivity index (χ0n) is 19.6. The summed E-state index contributed by atoms with van der Waals surface area (Å²) in [4.78, 5) is 38.2. The third-order valence-electron chi connectivity index (χ3n) is 5.54. The minimum atomic E-state index is -0.651. The lowest BCUT2D eigenvalue weighted by atomic mass is 9.89. The molecule has 8 heteroatoms. The molecule has 0 aromatic heterocycles. The van der Waals surface area contributed by atoms with Crippen molar-refractivity contribution in [2.45, 2.75) is 26.2 Å². The Morgan fingerprint density at radius 3 is 2.14 bits per heavy atom. The third kappa shape index (κ3) is 5.43. The van der Waals surface area contributed by atoms with E-state index in [9.17, 15) is 14.4 Å². The van der Waals surface area contributed by atoms with Crippen molar-refractivity contribution < 1.29 is 23.9 Å². The van der Waals surface area contributed by atoms with Crippen LogP contribution in [0.25, 0.3) is 0 Å². The molecule has 1 atom stereocenters. The first-order chi connectivity index (χ1) is 17.0. The number of carbonyl (C=O) groups is 3. The van der Waals surface area contributed by atoms with Gasteiger partial charge in [-0.15, -0.1) is 0 Å². The van der Waals surface area contributed by atoms with Gasteiger partial charge in [-0.1, -0.05) is 36.4 Å². The van der Waals surface area contributed by atoms with E-state index in [0.29, 0.717) is 47.3 Å². The van der Waals surface area contributed by atoms with Crippen LogP contribution in [-0.4, -0.2) is 30.9 Å². The van der Waals surface area contributed by atoms with E-state index in [-0.39, 0.29) is 24.1 Å². The number of hydrogen-bond acceptors (Lipinski definition) is 5. The van der Waals surface area contributed by atoms with Gasteiger partial charge in [0.25, 0.3) is 5.91 Å². The van der Waals surface area contributed by atoms with E-state index < -0.39 is 5.92 Å². The van der Waals surface area contributed by atoms with E-state index in [1.54, 1.807) is 42.5 Å². The molecule has 0 aliphatic carbocycles. The molecule has 3 aromatic carbocycles. The fraction of sp³-hybridized carbons (Fsp3) is 0.222. The summed E-state index contributed by atoms with van der Waals surface area (Å²) in [5.41, 5.74) is 2.69. The van der Waals surface area contributed by atoms with Gasteiger partial charge in [0.1, 0.15) is 11.5 Å². The monoisotopic (exact) mass is 473 g/mol. The Hall–Kier alpha value is -4.33. The van der Waals surface area contributed by atoms with Gasteiger partial charge in [0, 0.05) is 29.8 Å². The van der Waals surface area contributed by atoms with Crippen molar-refractivity contribution in [2.75, 3.05) is 29.2 Å². The van der Waals surface area contributed by atoms with Crippen LogP contribution in [0.1, 0.15) is 42.1 Å². The van der Waals surface area contributed by atoms with Crippen LogP contribution in [-0.2, 0) is 9.59 Å². The largest absolute Gasteiger partial charge is 0.492 e. The van der Waals surface area contributed by atoms with Gasteiger partial charge in [-0.25, -0.2) is 0 Å². The minimum Gasteiger partial charge on any atom is -0.492 e. The molecular weight excluding hydrogens is 446 g/mol. The maximum atomic E-state index is 13.3. The summed E-state index contributed by atoms with van der Waals surface area (Å²) >= 11 is 0. The molecule has 4 rings (SSSR count). The molecule has 0 fully saturated rings. The molecule has 0 saturated carbocycles. The van der Waals surface area contributed by atoms with Crippen LogP contribution in [0, 0.1) is 0 Å². The van der Waals surface area contributed by atoms with Gasteiger partial charge in [-0.3, -0.25) is 14.4 Å². The SMILES string of the molecule is CCOc1cc(NC(=O)C2CC(=O)Nc3ccccc32)c(OCC)cc1NC(=O)c1ccccc1. The van der Waals surface area contributed by atoms with Crippen molar-refractivity contribution in [3.8, 4) is 11.5 Å². The predicted molar refractivity (Wildman–Crippen MR) is 134 cm³/mol. The topological polar surface area (TPSA) is 106 Å². The molecule has 0 saturated heterocycles. The highest BCUT2D eigenvalue weighted by Gasteiger charge is 2.31. The van der Waals surface area contributed by atoms with E-state index in [4.69, 9.17) is 9.47 Å². The number of rotatable bonds is 8. The van der Waals surface area contributed by atoms with Crippen molar-refractivity contribution in [3.05, 3.63) is 77.9 Å². The zero-order chi connectivity index (χ0) is 24.8. The number of para-hydroxylation sites is 1. The number of benzene rings is 3. The van der Waals surface area contributed by atoms with Gasteiger partial charge in [-0.2, -0.15) is 0 Å². The molecule has 8 nitrogen and oxygen atoms in total. The third-order valence-corrected chi connectivity index (χ3v) is 5.54. The second kappa shape index (κ2) is 10.7. The number of anilines is 3.